The number of nitrogen functional groups attached to an aromatic ring is 1. The second-order valence-electron chi connectivity index (χ2n) is 4.54. The monoisotopic (exact) mass is 234 g/mol. The van der Waals surface area contributed by atoms with Crippen LogP contribution in [0.3, 0.4) is 0 Å². The zero-order valence-corrected chi connectivity index (χ0v) is 10.0. The molecule has 1 saturated carbocycles. The standard InChI is InChI=1S/C12H18N4O/c1-16(8-4-2-3-5-8)11-6-9(12(14)17)10(13)7-15-11/h6-8H,2-5,13H2,1H3,(H2,14,17). The van der Waals surface area contributed by atoms with Gasteiger partial charge in [0.2, 0.25) is 0 Å². The maximum atomic E-state index is 11.2. The summed E-state index contributed by atoms with van der Waals surface area (Å²) in [5, 5.41) is 0. The van der Waals surface area contributed by atoms with Crippen LogP contribution in [0.1, 0.15) is 36.0 Å². The number of primary amides is 1. The molecule has 1 aliphatic rings. The molecule has 5 heteroatoms. The van der Waals surface area contributed by atoms with Gasteiger partial charge in [-0.2, -0.15) is 0 Å². The zero-order chi connectivity index (χ0) is 12.4. The van der Waals surface area contributed by atoms with E-state index in [1.54, 1.807) is 6.07 Å². The smallest absolute Gasteiger partial charge is 0.250 e. The van der Waals surface area contributed by atoms with Crippen molar-refractivity contribution in [3.63, 3.8) is 0 Å². The molecular formula is C12H18N4O. The Hall–Kier alpha value is -1.78. The second-order valence-corrected chi connectivity index (χ2v) is 4.54. The summed E-state index contributed by atoms with van der Waals surface area (Å²) in [4.78, 5) is 17.6. The normalized spacial score (nSPS) is 16.1. The maximum absolute atomic E-state index is 11.2. The van der Waals surface area contributed by atoms with Crippen molar-refractivity contribution in [2.24, 2.45) is 5.73 Å². The predicted octanol–water partition coefficient (Wildman–Crippen LogP) is 1.14. The van der Waals surface area contributed by atoms with Crippen LogP contribution in [-0.4, -0.2) is 24.0 Å². The van der Waals surface area contributed by atoms with Gasteiger partial charge in [0.1, 0.15) is 5.82 Å². The zero-order valence-electron chi connectivity index (χ0n) is 10.0. The Bertz CT molecular complexity index is 427. The molecule has 0 unspecified atom stereocenters. The quantitative estimate of drug-likeness (QED) is 0.821. The van der Waals surface area contributed by atoms with Gasteiger partial charge in [0, 0.05) is 13.1 Å². The first-order valence-electron chi connectivity index (χ1n) is 5.87. The number of carbonyl (C=O) groups is 1. The van der Waals surface area contributed by atoms with E-state index in [1.165, 1.54) is 31.9 Å². The van der Waals surface area contributed by atoms with Crippen LogP contribution in [-0.2, 0) is 0 Å². The Labute approximate surface area is 101 Å². The van der Waals surface area contributed by atoms with Crippen LogP contribution in [0.5, 0.6) is 0 Å². The minimum Gasteiger partial charge on any atom is -0.397 e. The minimum absolute atomic E-state index is 0.334. The number of rotatable bonds is 3. The van der Waals surface area contributed by atoms with Gasteiger partial charge in [-0.3, -0.25) is 4.79 Å². The van der Waals surface area contributed by atoms with Gasteiger partial charge in [-0.15, -0.1) is 0 Å². The number of anilines is 2. The highest BCUT2D eigenvalue weighted by molar-refractivity contribution is 5.98. The molecule has 1 amide bonds. The molecule has 1 heterocycles. The molecule has 17 heavy (non-hydrogen) atoms. The summed E-state index contributed by atoms with van der Waals surface area (Å²) in [5.41, 5.74) is 11.6. The largest absolute Gasteiger partial charge is 0.397 e. The third kappa shape index (κ3) is 2.33. The van der Waals surface area contributed by atoms with E-state index in [4.69, 9.17) is 11.5 Å². The molecule has 0 aromatic carbocycles. The van der Waals surface area contributed by atoms with Crippen LogP contribution in [0.4, 0.5) is 11.5 Å². The summed E-state index contributed by atoms with van der Waals surface area (Å²) < 4.78 is 0. The Morgan fingerprint density at radius 3 is 2.71 bits per heavy atom. The van der Waals surface area contributed by atoms with Gasteiger partial charge in [-0.05, 0) is 18.9 Å². The summed E-state index contributed by atoms with van der Waals surface area (Å²) >= 11 is 0. The van der Waals surface area contributed by atoms with Crippen LogP contribution in [0.25, 0.3) is 0 Å². The molecule has 1 aromatic rings. The Morgan fingerprint density at radius 1 is 1.47 bits per heavy atom. The Kier molecular flexibility index (Phi) is 3.17. The van der Waals surface area contributed by atoms with E-state index in [9.17, 15) is 4.79 Å². The van der Waals surface area contributed by atoms with Gasteiger partial charge < -0.3 is 16.4 Å². The lowest BCUT2D eigenvalue weighted by Gasteiger charge is -2.25. The summed E-state index contributed by atoms with van der Waals surface area (Å²) in [6.45, 7) is 0. The number of nitrogens with two attached hydrogens (primary N) is 2. The highest BCUT2D eigenvalue weighted by Gasteiger charge is 2.21. The van der Waals surface area contributed by atoms with Crippen molar-refractivity contribution in [1.29, 1.82) is 0 Å². The van der Waals surface area contributed by atoms with Crippen molar-refractivity contribution < 1.29 is 4.79 Å². The van der Waals surface area contributed by atoms with Crippen LogP contribution in [0.2, 0.25) is 0 Å². The first-order valence-corrected chi connectivity index (χ1v) is 5.87. The number of nitrogens with zero attached hydrogens (tertiary/aromatic N) is 2. The fourth-order valence-corrected chi connectivity index (χ4v) is 2.34. The van der Waals surface area contributed by atoms with E-state index in [0.29, 0.717) is 17.3 Å². The van der Waals surface area contributed by atoms with E-state index >= 15 is 0 Å². The first kappa shape index (κ1) is 11.7. The van der Waals surface area contributed by atoms with E-state index in [2.05, 4.69) is 9.88 Å². The molecule has 0 spiro atoms. The lowest BCUT2D eigenvalue weighted by atomic mass is 10.2. The average Bonchev–Trinajstić information content (AvgIpc) is 2.81. The first-order chi connectivity index (χ1) is 8.09. The topological polar surface area (TPSA) is 85.2 Å². The molecule has 92 valence electrons. The van der Waals surface area contributed by atoms with Gasteiger partial charge >= 0.3 is 0 Å². The van der Waals surface area contributed by atoms with Crippen LogP contribution in [0.15, 0.2) is 12.3 Å². The van der Waals surface area contributed by atoms with E-state index < -0.39 is 5.91 Å². The number of amides is 1. The number of hydrogen-bond acceptors (Lipinski definition) is 4. The third-order valence-corrected chi connectivity index (χ3v) is 3.42. The van der Waals surface area contributed by atoms with Gasteiger partial charge in [0.15, 0.2) is 0 Å². The molecular weight excluding hydrogens is 216 g/mol. The molecule has 2 rings (SSSR count). The molecule has 1 aromatic heterocycles. The molecule has 5 nitrogen and oxygen atoms in total. The van der Waals surface area contributed by atoms with Gasteiger partial charge in [0.25, 0.3) is 5.91 Å². The maximum Gasteiger partial charge on any atom is 0.250 e. The summed E-state index contributed by atoms with van der Waals surface area (Å²) in [5.74, 6) is 0.255. The molecule has 1 aliphatic carbocycles. The molecule has 4 N–H and O–H groups in total. The molecule has 0 atom stereocenters. The Morgan fingerprint density at radius 2 is 2.12 bits per heavy atom. The lowest BCUT2D eigenvalue weighted by Crippen LogP contribution is -2.30. The molecule has 0 radical (unpaired) electrons. The third-order valence-electron chi connectivity index (χ3n) is 3.42. The fraction of sp³-hybridized carbons (Fsp3) is 0.500. The minimum atomic E-state index is -0.508. The summed E-state index contributed by atoms with van der Waals surface area (Å²) in [7, 11) is 2.00. The van der Waals surface area contributed by atoms with Crippen LogP contribution < -0.4 is 16.4 Å². The highest BCUT2D eigenvalue weighted by atomic mass is 16.1. The average molecular weight is 234 g/mol. The number of carbonyl (C=O) groups excluding carboxylic acids is 1. The van der Waals surface area contributed by atoms with Crippen molar-refractivity contribution in [1.82, 2.24) is 4.98 Å². The number of aromatic nitrogens is 1. The number of hydrogen-bond donors (Lipinski definition) is 2. The molecule has 0 aliphatic heterocycles. The van der Waals surface area contributed by atoms with Crippen molar-refractivity contribution in [2.75, 3.05) is 17.7 Å². The van der Waals surface area contributed by atoms with Gasteiger partial charge in [-0.1, -0.05) is 12.8 Å². The van der Waals surface area contributed by atoms with Crippen molar-refractivity contribution in [2.45, 2.75) is 31.7 Å². The summed E-state index contributed by atoms with van der Waals surface area (Å²) in [6.07, 6.45) is 6.36. The predicted molar refractivity (Wildman–Crippen MR) is 67.8 cm³/mol. The van der Waals surface area contributed by atoms with E-state index in [-0.39, 0.29) is 0 Å². The van der Waals surface area contributed by atoms with Crippen molar-refractivity contribution in [3.05, 3.63) is 17.8 Å². The molecule has 0 saturated heterocycles. The van der Waals surface area contributed by atoms with Gasteiger partial charge in [-0.25, -0.2) is 4.98 Å². The van der Waals surface area contributed by atoms with Gasteiger partial charge in [0.05, 0.1) is 17.4 Å². The van der Waals surface area contributed by atoms with Crippen LogP contribution in [0, 0.1) is 0 Å². The van der Waals surface area contributed by atoms with E-state index in [0.717, 1.165) is 5.82 Å². The van der Waals surface area contributed by atoms with Crippen LogP contribution >= 0.6 is 0 Å². The van der Waals surface area contributed by atoms with Crippen molar-refractivity contribution >= 4 is 17.4 Å². The summed E-state index contributed by atoms with van der Waals surface area (Å²) in [6, 6.07) is 2.18. The van der Waals surface area contributed by atoms with Crippen molar-refractivity contribution in [3.8, 4) is 0 Å². The fourth-order valence-electron chi connectivity index (χ4n) is 2.34. The second kappa shape index (κ2) is 4.61. The van der Waals surface area contributed by atoms with E-state index in [1.807, 2.05) is 7.05 Å². The number of pyridine rings is 1. The molecule has 0 bridgehead atoms. The Balaban J connectivity index is 2.26. The lowest BCUT2D eigenvalue weighted by molar-refractivity contribution is 0.100. The SMILES string of the molecule is CN(c1cc(C(N)=O)c(N)cn1)C1CCCC1. The molecule has 1 fully saturated rings. The highest BCUT2D eigenvalue weighted by Crippen LogP contribution is 2.27.